The van der Waals surface area contributed by atoms with Crippen LogP contribution in [0.4, 0.5) is 0 Å². The van der Waals surface area contributed by atoms with Crippen molar-refractivity contribution in [2.24, 2.45) is 0 Å². The van der Waals surface area contributed by atoms with E-state index in [9.17, 15) is 4.79 Å². The first kappa shape index (κ1) is 18.0. The van der Waals surface area contributed by atoms with Crippen LogP contribution in [-0.2, 0) is 0 Å². The van der Waals surface area contributed by atoms with E-state index in [0.717, 1.165) is 3.57 Å². The van der Waals surface area contributed by atoms with Crippen molar-refractivity contribution in [1.82, 2.24) is 0 Å². The van der Waals surface area contributed by atoms with Gasteiger partial charge in [-0.1, -0.05) is 36.4 Å². The lowest BCUT2D eigenvalue weighted by Crippen LogP contribution is -2.07. The molecule has 5 rings (SSSR count). The number of hydrogen-bond donors (Lipinski definition) is 1. The maximum atomic E-state index is 12.4. The molecule has 0 radical (unpaired) electrons. The van der Waals surface area contributed by atoms with Crippen LogP contribution in [0, 0.1) is 3.57 Å². The minimum absolute atomic E-state index is 0.297. The highest BCUT2D eigenvalue weighted by Crippen LogP contribution is 2.62. The van der Waals surface area contributed by atoms with Gasteiger partial charge >= 0.3 is 5.97 Å². The molecule has 2 nitrogen and oxygen atoms in total. The third-order valence-electron chi connectivity index (χ3n) is 4.69. The van der Waals surface area contributed by atoms with Crippen molar-refractivity contribution < 1.29 is 9.53 Å². The van der Waals surface area contributed by atoms with E-state index in [-0.39, 0.29) is 5.97 Å². The monoisotopic (exact) mass is 514 g/mol. The smallest absolute Gasteiger partial charge is 0.354 e. The summed E-state index contributed by atoms with van der Waals surface area (Å²) in [6, 6.07) is 27.2. The van der Waals surface area contributed by atoms with Gasteiger partial charge in [0.25, 0.3) is 0 Å². The summed E-state index contributed by atoms with van der Waals surface area (Å²) < 4.78 is 6.49. The highest BCUT2D eigenvalue weighted by atomic mass is 127. The Morgan fingerprint density at radius 3 is 2.00 bits per heavy atom. The molecule has 0 saturated heterocycles. The van der Waals surface area contributed by atoms with Gasteiger partial charge in [0.15, 0.2) is 0 Å². The van der Waals surface area contributed by atoms with Crippen molar-refractivity contribution in [3.63, 3.8) is 0 Å². The zero-order valence-corrected chi connectivity index (χ0v) is 18.5. The molecule has 0 fully saturated rings. The second-order valence-electron chi connectivity index (χ2n) is 6.35. The Balaban J connectivity index is 1.47. The summed E-state index contributed by atoms with van der Waals surface area (Å²) in [5, 5.41) is 1.90. The lowest BCUT2D eigenvalue weighted by molar-refractivity contribution is 0.0739. The van der Waals surface area contributed by atoms with Crippen LogP contribution in [0.1, 0.15) is 9.67 Å². The highest BCUT2D eigenvalue weighted by molar-refractivity contribution is 14.1. The highest BCUT2D eigenvalue weighted by Gasteiger charge is 2.26. The average Bonchev–Trinajstić information content (AvgIpc) is 3.30. The topological polar surface area (TPSA) is 26.3 Å². The molecule has 1 aliphatic heterocycles. The molecule has 0 aliphatic carbocycles. The van der Waals surface area contributed by atoms with Crippen molar-refractivity contribution in [2.45, 2.75) is 14.7 Å². The second-order valence-corrected chi connectivity index (χ2v) is 10.6. The molecule has 1 aliphatic rings. The van der Waals surface area contributed by atoms with E-state index in [2.05, 4.69) is 83.3 Å². The molecule has 0 N–H and O–H groups in total. The Hall–Kier alpha value is -2.09. The summed E-state index contributed by atoms with van der Waals surface area (Å²) in [5.74, 6) is 0.281. The second kappa shape index (κ2) is 7.39. The number of carbonyl (C=O) groups excluding carboxylic acids is 1. The van der Waals surface area contributed by atoms with Crippen molar-refractivity contribution >= 4 is 50.8 Å². The summed E-state index contributed by atoms with van der Waals surface area (Å²) in [6.45, 7) is 0. The van der Waals surface area contributed by atoms with Crippen molar-refractivity contribution in [3.8, 4) is 16.9 Å². The number of benzene rings is 3. The van der Waals surface area contributed by atoms with E-state index in [1.165, 1.54) is 37.2 Å². The minimum Gasteiger partial charge on any atom is -0.422 e. The molecule has 0 unspecified atom stereocenters. The molecule has 0 saturated carbocycles. The number of thiol groups is 1. The molecule has 28 heavy (non-hydrogen) atoms. The number of thiophene rings is 1. The van der Waals surface area contributed by atoms with Gasteiger partial charge in [-0.15, -0.1) is 11.3 Å². The molecule has 0 bridgehead atoms. The fraction of sp³-hybridized carbons (Fsp3) is 0. The van der Waals surface area contributed by atoms with E-state index < -0.39 is 10.9 Å². The van der Waals surface area contributed by atoms with Crippen LogP contribution in [-0.4, -0.2) is 5.97 Å². The van der Waals surface area contributed by atoms with Gasteiger partial charge in [0, 0.05) is 13.4 Å². The normalized spacial score (nSPS) is 13.1. The van der Waals surface area contributed by atoms with E-state index >= 15 is 0 Å². The van der Waals surface area contributed by atoms with Crippen LogP contribution in [0.5, 0.6) is 5.75 Å². The van der Waals surface area contributed by atoms with Crippen LogP contribution in [0.25, 0.3) is 11.1 Å². The Morgan fingerprint density at radius 1 is 0.821 bits per heavy atom. The number of esters is 1. The van der Waals surface area contributed by atoms with E-state index in [4.69, 9.17) is 4.74 Å². The molecule has 5 heteroatoms. The third kappa shape index (κ3) is 3.07. The maximum Gasteiger partial charge on any atom is 0.354 e. The number of halogens is 1. The number of carbonyl (C=O) groups is 1. The molecule has 2 heterocycles. The van der Waals surface area contributed by atoms with E-state index in [0.29, 0.717) is 10.6 Å². The fourth-order valence-electron chi connectivity index (χ4n) is 3.46. The maximum absolute atomic E-state index is 12.4. The Morgan fingerprint density at radius 2 is 1.43 bits per heavy atom. The Labute approximate surface area is 183 Å². The first-order chi connectivity index (χ1) is 13.7. The molecular formula is C23H15IO2S2. The molecule has 4 aromatic rings. The van der Waals surface area contributed by atoms with E-state index in [1.54, 1.807) is 0 Å². The summed E-state index contributed by atoms with van der Waals surface area (Å²) >= 11 is 3.56. The largest absolute Gasteiger partial charge is 0.422 e. The first-order valence-electron chi connectivity index (χ1n) is 8.76. The van der Waals surface area contributed by atoms with Gasteiger partial charge < -0.3 is 4.74 Å². The van der Waals surface area contributed by atoms with Crippen LogP contribution in [0.2, 0.25) is 0 Å². The molecular weight excluding hydrogens is 499 g/mol. The summed E-state index contributed by atoms with van der Waals surface area (Å²) in [6.07, 6.45) is 0. The average molecular weight is 514 g/mol. The lowest BCUT2D eigenvalue weighted by atomic mass is 10.1. The number of rotatable bonds is 3. The zero-order chi connectivity index (χ0) is 19.1. The van der Waals surface area contributed by atoms with Crippen molar-refractivity contribution in [1.29, 1.82) is 0 Å². The van der Waals surface area contributed by atoms with Crippen molar-refractivity contribution in [2.75, 3.05) is 0 Å². The number of fused-ring (bicyclic) bond motifs is 3. The minimum atomic E-state index is -0.586. The molecule has 0 atom stereocenters. The predicted molar refractivity (Wildman–Crippen MR) is 124 cm³/mol. The van der Waals surface area contributed by atoms with Crippen LogP contribution >= 0.6 is 44.8 Å². The SMILES string of the molecule is O=C(Oc1ccc([SH]2c3ccccc3-c3ccccc32)cc1)c1sccc1I. The summed E-state index contributed by atoms with van der Waals surface area (Å²) in [4.78, 5) is 17.0. The van der Waals surface area contributed by atoms with Gasteiger partial charge in [0.2, 0.25) is 0 Å². The third-order valence-corrected chi connectivity index (χ3v) is 9.41. The van der Waals surface area contributed by atoms with Crippen LogP contribution in [0.3, 0.4) is 0 Å². The van der Waals surface area contributed by atoms with Gasteiger partial charge in [0.05, 0.1) is 0 Å². The van der Waals surface area contributed by atoms with E-state index in [1.807, 2.05) is 23.6 Å². The molecule has 138 valence electrons. The number of hydrogen-bond acceptors (Lipinski definition) is 3. The summed E-state index contributed by atoms with van der Waals surface area (Å²) in [5.41, 5.74) is 2.65. The van der Waals surface area contributed by atoms with Crippen molar-refractivity contribution in [3.05, 3.63) is 92.7 Å². The number of ether oxygens (including phenoxy) is 1. The lowest BCUT2D eigenvalue weighted by Gasteiger charge is -2.19. The fourth-order valence-corrected chi connectivity index (χ4v) is 7.75. The Bertz CT molecular complexity index is 1140. The van der Waals surface area contributed by atoms with Gasteiger partial charge in [0.1, 0.15) is 10.6 Å². The standard InChI is InChI=1S/C23H15IO2S2/c24-19-13-14-27-22(19)23(25)26-15-9-11-16(12-10-15)28-20-7-3-1-5-17(20)18-6-2-4-8-21(18)28/h1-14,28H. The van der Waals surface area contributed by atoms with Gasteiger partial charge in [-0.2, -0.15) is 10.9 Å². The van der Waals surface area contributed by atoms with Gasteiger partial charge in [-0.3, -0.25) is 0 Å². The predicted octanol–water partition coefficient (Wildman–Crippen LogP) is 7.03. The first-order valence-corrected chi connectivity index (χ1v) is 12.1. The quantitative estimate of drug-likeness (QED) is 0.121. The van der Waals surface area contributed by atoms with Crippen LogP contribution < -0.4 is 4.74 Å². The molecule has 1 aromatic heterocycles. The summed E-state index contributed by atoms with van der Waals surface area (Å²) in [7, 11) is -0.586. The Kier molecular flexibility index (Phi) is 4.74. The van der Waals surface area contributed by atoms with Gasteiger partial charge in [-0.25, -0.2) is 4.79 Å². The molecule has 3 aromatic carbocycles. The molecule has 0 spiro atoms. The van der Waals surface area contributed by atoms with Crippen LogP contribution in [0.15, 0.2) is 98.9 Å². The van der Waals surface area contributed by atoms with Gasteiger partial charge in [-0.05, 0) is 86.5 Å². The zero-order valence-electron chi connectivity index (χ0n) is 14.6. The molecule has 0 amide bonds.